The Morgan fingerprint density at radius 1 is 0.571 bits per heavy atom. The van der Waals surface area contributed by atoms with Crippen LogP contribution in [-0.2, 0) is 0 Å². The first-order chi connectivity index (χ1) is 20.7. The average molecular weight is 537 g/mol. The molecule has 196 valence electrons. The Morgan fingerprint density at radius 3 is 2.10 bits per heavy atom. The molecule has 2 unspecified atom stereocenters. The number of anilines is 2. The quantitative estimate of drug-likeness (QED) is 0.227. The third kappa shape index (κ3) is 3.60. The molecule has 0 saturated heterocycles. The number of rotatable bonds is 3. The normalized spacial score (nSPS) is 16.8. The van der Waals surface area contributed by atoms with E-state index in [0.717, 1.165) is 50.0 Å². The topological polar surface area (TPSA) is 55.8 Å². The fourth-order valence-electron chi connectivity index (χ4n) is 6.69. The minimum Gasteiger partial charge on any atom is -0.333 e. The fraction of sp³-hybridized carbons (Fsp3) is 0.0526. The van der Waals surface area contributed by atoms with Crippen LogP contribution < -0.4 is 4.90 Å². The third-order valence-corrected chi connectivity index (χ3v) is 8.54. The summed E-state index contributed by atoms with van der Waals surface area (Å²) in [6.45, 7) is 0. The first-order valence-corrected chi connectivity index (χ1v) is 14.1. The predicted molar refractivity (Wildman–Crippen MR) is 169 cm³/mol. The number of hydrogen-bond acceptors (Lipinski definition) is 3. The molecule has 8 rings (SSSR count). The van der Waals surface area contributed by atoms with Gasteiger partial charge in [-0.25, -0.2) is 0 Å². The molecule has 4 heteroatoms. The largest absolute Gasteiger partial charge is 0.333 e. The molecule has 2 heterocycles. The highest BCUT2D eigenvalue weighted by atomic mass is 15.2. The molecule has 0 spiro atoms. The van der Waals surface area contributed by atoms with Crippen molar-refractivity contribution < 1.29 is 0 Å². The predicted octanol–water partition coefficient (Wildman–Crippen LogP) is 8.92. The summed E-state index contributed by atoms with van der Waals surface area (Å²) < 4.78 is 2.28. The van der Waals surface area contributed by atoms with Crippen LogP contribution in [0.1, 0.15) is 22.6 Å². The molecule has 4 nitrogen and oxygen atoms in total. The summed E-state index contributed by atoms with van der Waals surface area (Å²) in [7, 11) is 0. The number of allylic oxidation sites excluding steroid dienone is 2. The van der Waals surface area contributed by atoms with Crippen LogP contribution in [0.4, 0.5) is 11.4 Å². The van der Waals surface area contributed by atoms with Gasteiger partial charge < -0.3 is 9.47 Å². The Labute approximate surface area is 243 Å². The molecular formula is C38H24N4. The summed E-state index contributed by atoms with van der Waals surface area (Å²) in [5, 5.41) is 21.3. The van der Waals surface area contributed by atoms with Crippen LogP contribution in [-0.4, -0.2) is 10.6 Å². The molecule has 1 aliphatic heterocycles. The number of para-hydroxylation sites is 1. The van der Waals surface area contributed by atoms with E-state index in [1.165, 1.54) is 5.56 Å². The van der Waals surface area contributed by atoms with Gasteiger partial charge in [-0.3, -0.25) is 0 Å². The summed E-state index contributed by atoms with van der Waals surface area (Å²) in [5.74, 6) is 0.210. The van der Waals surface area contributed by atoms with Gasteiger partial charge in [0, 0.05) is 33.8 Å². The highest BCUT2D eigenvalue weighted by molar-refractivity contribution is 6.09. The number of nitrogens with zero attached hydrogens (tertiary/aromatic N) is 4. The Bertz CT molecular complexity index is 2200. The minimum absolute atomic E-state index is 0.163. The van der Waals surface area contributed by atoms with Crippen LogP contribution in [0, 0.1) is 22.7 Å². The van der Waals surface area contributed by atoms with Crippen LogP contribution in [0.25, 0.3) is 38.6 Å². The van der Waals surface area contributed by atoms with Crippen molar-refractivity contribution in [3.05, 3.63) is 150 Å². The summed E-state index contributed by atoms with van der Waals surface area (Å²) in [4.78, 5) is 2.40. The van der Waals surface area contributed by atoms with Crippen LogP contribution in [0.2, 0.25) is 0 Å². The van der Waals surface area contributed by atoms with Gasteiger partial charge in [0.05, 0.1) is 40.3 Å². The van der Waals surface area contributed by atoms with E-state index in [9.17, 15) is 10.5 Å². The standard InChI is InChI=1S/C38H24N4/c39-23-25-15-17-37-33(19-25)31-11-1-3-13-35(31)41(37)29-9-5-7-27(21-29)28-8-6-10-30(22-28)42-36-14-4-2-12-32(36)34-20-26(24-40)16-18-38(34)42/h1-22,31,35H. The molecule has 2 atom stereocenters. The minimum atomic E-state index is 0.163. The van der Waals surface area contributed by atoms with Crippen molar-refractivity contribution in [3.8, 4) is 29.0 Å². The van der Waals surface area contributed by atoms with Crippen LogP contribution in [0.5, 0.6) is 0 Å². The van der Waals surface area contributed by atoms with E-state index in [2.05, 4.69) is 119 Å². The molecule has 0 amide bonds. The molecular weight excluding hydrogens is 512 g/mol. The highest BCUT2D eigenvalue weighted by Gasteiger charge is 2.37. The van der Waals surface area contributed by atoms with Gasteiger partial charge in [0.2, 0.25) is 0 Å². The number of nitriles is 2. The number of hydrogen-bond donors (Lipinski definition) is 0. The van der Waals surface area contributed by atoms with Gasteiger partial charge in [-0.1, -0.05) is 66.8 Å². The monoisotopic (exact) mass is 536 g/mol. The van der Waals surface area contributed by atoms with Crippen molar-refractivity contribution in [1.82, 2.24) is 4.57 Å². The fourth-order valence-corrected chi connectivity index (χ4v) is 6.69. The van der Waals surface area contributed by atoms with Crippen molar-refractivity contribution >= 4 is 33.2 Å². The first-order valence-electron chi connectivity index (χ1n) is 14.1. The van der Waals surface area contributed by atoms with Crippen molar-refractivity contribution in [2.75, 3.05) is 4.90 Å². The van der Waals surface area contributed by atoms with E-state index in [1.807, 2.05) is 36.4 Å². The van der Waals surface area contributed by atoms with Gasteiger partial charge >= 0.3 is 0 Å². The highest BCUT2D eigenvalue weighted by Crippen LogP contribution is 2.48. The molecule has 2 aliphatic rings. The molecule has 1 aliphatic carbocycles. The van der Waals surface area contributed by atoms with E-state index >= 15 is 0 Å². The van der Waals surface area contributed by atoms with E-state index in [4.69, 9.17) is 0 Å². The van der Waals surface area contributed by atoms with Crippen molar-refractivity contribution in [2.24, 2.45) is 0 Å². The number of fused-ring (bicyclic) bond motifs is 6. The van der Waals surface area contributed by atoms with Crippen LogP contribution in [0.3, 0.4) is 0 Å². The summed E-state index contributed by atoms with van der Waals surface area (Å²) in [6.07, 6.45) is 8.71. The smallest absolute Gasteiger partial charge is 0.0991 e. The zero-order chi connectivity index (χ0) is 28.2. The van der Waals surface area contributed by atoms with E-state index in [-0.39, 0.29) is 12.0 Å². The van der Waals surface area contributed by atoms with Gasteiger partial charge in [-0.15, -0.1) is 0 Å². The second-order valence-corrected chi connectivity index (χ2v) is 10.8. The Balaban J connectivity index is 1.25. The molecule has 0 saturated carbocycles. The Hall–Kier alpha value is -5.84. The second-order valence-electron chi connectivity index (χ2n) is 10.8. The summed E-state index contributed by atoms with van der Waals surface area (Å²) in [6, 6.07) is 42.5. The third-order valence-electron chi connectivity index (χ3n) is 8.54. The Morgan fingerprint density at radius 2 is 1.26 bits per heavy atom. The van der Waals surface area contributed by atoms with E-state index in [0.29, 0.717) is 11.1 Å². The SMILES string of the molecule is N#Cc1ccc2c(c1)C1C=CC=CC1N2c1cccc(-c2cccc(-n3c4ccccc4c4cc(C#N)ccc43)c2)c1. The lowest BCUT2D eigenvalue weighted by Gasteiger charge is -2.29. The molecule has 5 aromatic carbocycles. The van der Waals surface area contributed by atoms with Gasteiger partial charge in [0.15, 0.2) is 0 Å². The van der Waals surface area contributed by atoms with Gasteiger partial charge in [-0.2, -0.15) is 10.5 Å². The van der Waals surface area contributed by atoms with Gasteiger partial charge in [-0.05, 0) is 83.4 Å². The molecule has 0 radical (unpaired) electrons. The maximum atomic E-state index is 9.53. The first kappa shape index (κ1) is 24.0. The van der Waals surface area contributed by atoms with Gasteiger partial charge in [0.25, 0.3) is 0 Å². The average Bonchev–Trinajstić information content (AvgIpc) is 3.57. The molecule has 42 heavy (non-hydrogen) atoms. The van der Waals surface area contributed by atoms with Crippen LogP contribution >= 0.6 is 0 Å². The van der Waals surface area contributed by atoms with Crippen molar-refractivity contribution in [2.45, 2.75) is 12.0 Å². The lowest BCUT2D eigenvalue weighted by molar-refractivity contribution is 0.745. The lowest BCUT2D eigenvalue weighted by Crippen LogP contribution is -2.28. The molecule has 0 bridgehead atoms. The van der Waals surface area contributed by atoms with E-state index < -0.39 is 0 Å². The molecule has 0 N–H and O–H groups in total. The molecule has 6 aromatic rings. The Kier molecular flexibility index (Phi) is 5.36. The summed E-state index contributed by atoms with van der Waals surface area (Å²) >= 11 is 0. The zero-order valence-corrected chi connectivity index (χ0v) is 22.6. The van der Waals surface area contributed by atoms with E-state index in [1.54, 1.807) is 0 Å². The maximum absolute atomic E-state index is 9.53. The van der Waals surface area contributed by atoms with Gasteiger partial charge in [0.1, 0.15) is 0 Å². The molecule has 1 aromatic heterocycles. The van der Waals surface area contributed by atoms with Crippen LogP contribution in [0.15, 0.2) is 133 Å². The zero-order valence-electron chi connectivity index (χ0n) is 22.6. The maximum Gasteiger partial charge on any atom is 0.0991 e. The van der Waals surface area contributed by atoms with Crippen molar-refractivity contribution in [3.63, 3.8) is 0 Å². The second kappa shape index (κ2) is 9.37. The lowest BCUT2D eigenvalue weighted by atomic mass is 9.90. The number of aromatic nitrogens is 1. The van der Waals surface area contributed by atoms with Crippen molar-refractivity contribution in [1.29, 1.82) is 10.5 Å². The number of benzene rings is 5. The molecule has 0 fully saturated rings. The summed E-state index contributed by atoms with van der Waals surface area (Å²) in [5.41, 5.74) is 10.3.